The molecule has 1 aliphatic carbocycles. The van der Waals surface area contributed by atoms with Crippen LogP contribution in [0.2, 0.25) is 0 Å². The van der Waals surface area contributed by atoms with Crippen LogP contribution in [0.3, 0.4) is 0 Å². The summed E-state index contributed by atoms with van der Waals surface area (Å²) in [5.41, 5.74) is 0.580. The van der Waals surface area contributed by atoms with Crippen LogP contribution in [0.15, 0.2) is 18.2 Å². The quantitative estimate of drug-likeness (QED) is 0.736. The van der Waals surface area contributed by atoms with E-state index in [0.29, 0.717) is 11.7 Å². The van der Waals surface area contributed by atoms with E-state index in [2.05, 4.69) is 5.32 Å². The molecule has 0 aliphatic heterocycles. The first-order chi connectivity index (χ1) is 9.56. The standard InChI is InChI=1S/C15H19NO4/c17-14(18)10-7-11(15(19)20)9-13(8-10)16-12-5-3-1-2-4-6-12/h7-9,12,16H,1-6H2,(H,17,18)(H,19,20). The summed E-state index contributed by atoms with van der Waals surface area (Å²) in [6, 6.07) is 4.48. The molecule has 1 aromatic carbocycles. The zero-order valence-electron chi connectivity index (χ0n) is 11.3. The van der Waals surface area contributed by atoms with Crippen LogP contribution < -0.4 is 5.32 Å². The van der Waals surface area contributed by atoms with Gasteiger partial charge in [-0.25, -0.2) is 9.59 Å². The van der Waals surface area contributed by atoms with Gasteiger partial charge in [-0.15, -0.1) is 0 Å². The highest BCUT2D eigenvalue weighted by molar-refractivity contribution is 5.95. The molecule has 0 heterocycles. The van der Waals surface area contributed by atoms with Crippen LogP contribution in [0.25, 0.3) is 0 Å². The van der Waals surface area contributed by atoms with Gasteiger partial charge in [-0.2, -0.15) is 0 Å². The van der Waals surface area contributed by atoms with Crippen molar-refractivity contribution in [3.8, 4) is 0 Å². The van der Waals surface area contributed by atoms with Gasteiger partial charge in [0.25, 0.3) is 0 Å². The van der Waals surface area contributed by atoms with E-state index in [4.69, 9.17) is 10.2 Å². The molecule has 0 spiro atoms. The van der Waals surface area contributed by atoms with Crippen LogP contribution in [0.4, 0.5) is 5.69 Å². The molecule has 1 aromatic rings. The monoisotopic (exact) mass is 277 g/mol. The molecular formula is C15H19NO4. The van der Waals surface area contributed by atoms with Gasteiger partial charge in [0.2, 0.25) is 0 Å². The van der Waals surface area contributed by atoms with Crippen LogP contribution in [0.5, 0.6) is 0 Å². The molecule has 5 nitrogen and oxygen atoms in total. The number of carboxylic acids is 2. The number of aromatic carboxylic acids is 2. The van der Waals surface area contributed by atoms with E-state index < -0.39 is 11.9 Å². The highest BCUT2D eigenvalue weighted by Gasteiger charge is 2.15. The lowest BCUT2D eigenvalue weighted by atomic mass is 10.1. The Labute approximate surface area is 117 Å². The Kier molecular flexibility index (Phi) is 4.61. The highest BCUT2D eigenvalue weighted by Crippen LogP contribution is 2.23. The molecule has 0 amide bonds. The summed E-state index contributed by atoms with van der Waals surface area (Å²) in [5.74, 6) is -2.23. The molecule has 1 fully saturated rings. The third kappa shape index (κ3) is 3.73. The van der Waals surface area contributed by atoms with E-state index >= 15 is 0 Å². The van der Waals surface area contributed by atoms with Crippen molar-refractivity contribution in [3.05, 3.63) is 29.3 Å². The van der Waals surface area contributed by atoms with E-state index in [9.17, 15) is 9.59 Å². The maximum absolute atomic E-state index is 11.1. The van der Waals surface area contributed by atoms with Gasteiger partial charge in [-0.05, 0) is 31.0 Å². The van der Waals surface area contributed by atoms with Crippen molar-refractivity contribution in [3.63, 3.8) is 0 Å². The van der Waals surface area contributed by atoms with Crippen molar-refractivity contribution < 1.29 is 19.8 Å². The maximum atomic E-state index is 11.1. The summed E-state index contributed by atoms with van der Waals surface area (Å²) >= 11 is 0. The Balaban J connectivity index is 2.21. The number of benzene rings is 1. The fourth-order valence-corrected chi connectivity index (χ4v) is 2.62. The van der Waals surface area contributed by atoms with Crippen molar-refractivity contribution in [2.45, 2.75) is 44.6 Å². The van der Waals surface area contributed by atoms with E-state index in [-0.39, 0.29) is 11.1 Å². The second-order valence-corrected chi connectivity index (χ2v) is 5.24. The Morgan fingerprint density at radius 1 is 0.900 bits per heavy atom. The Bertz CT molecular complexity index is 472. The highest BCUT2D eigenvalue weighted by atomic mass is 16.4. The second-order valence-electron chi connectivity index (χ2n) is 5.24. The first kappa shape index (κ1) is 14.4. The molecule has 0 atom stereocenters. The van der Waals surface area contributed by atoms with Crippen molar-refractivity contribution in [2.75, 3.05) is 5.32 Å². The number of hydrogen-bond acceptors (Lipinski definition) is 3. The molecule has 3 N–H and O–H groups in total. The van der Waals surface area contributed by atoms with Gasteiger partial charge in [-0.1, -0.05) is 25.7 Å². The molecular weight excluding hydrogens is 258 g/mol. The normalized spacial score (nSPS) is 16.4. The number of anilines is 1. The smallest absolute Gasteiger partial charge is 0.335 e. The lowest BCUT2D eigenvalue weighted by molar-refractivity contribution is 0.0696. The Morgan fingerprint density at radius 3 is 1.85 bits per heavy atom. The first-order valence-corrected chi connectivity index (χ1v) is 6.94. The second kappa shape index (κ2) is 6.41. The van der Waals surface area contributed by atoms with Crippen molar-refractivity contribution >= 4 is 17.6 Å². The van der Waals surface area contributed by atoms with Gasteiger partial charge in [-0.3, -0.25) is 0 Å². The molecule has 0 saturated heterocycles. The first-order valence-electron chi connectivity index (χ1n) is 6.94. The van der Waals surface area contributed by atoms with E-state index in [1.807, 2.05) is 0 Å². The van der Waals surface area contributed by atoms with Crippen LogP contribution >= 0.6 is 0 Å². The molecule has 108 valence electrons. The molecule has 0 aromatic heterocycles. The van der Waals surface area contributed by atoms with Gasteiger partial charge in [0.1, 0.15) is 0 Å². The zero-order chi connectivity index (χ0) is 14.5. The van der Waals surface area contributed by atoms with Crippen molar-refractivity contribution in [2.24, 2.45) is 0 Å². The summed E-state index contributed by atoms with van der Waals surface area (Å²) in [5, 5.41) is 21.4. The number of carboxylic acid groups (broad SMARTS) is 2. The summed E-state index contributed by atoms with van der Waals surface area (Å²) < 4.78 is 0. The fourth-order valence-electron chi connectivity index (χ4n) is 2.62. The van der Waals surface area contributed by atoms with E-state index in [1.165, 1.54) is 31.0 Å². The van der Waals surface area contributed by atoms with Gasteiger partial charge >= 0.3 is 11.9 Å². The molecule has 0 radical (unpaired) electrons. The summed E-state index contributed by atoms with van der Waals surface area (Å²) in [6.07, 6.45) is 6.85. The number of hydrogen-bond donors (Lipinski definition) is 3. The van der Waals surface area contributed by atoms with E-state index in [1.54, 1.807) is 0 Å². The largest absolute Gasteiger partial charge is 0.478 e. The van der Waals surface area contributed by atoms with Gasteiger partial charge < -0.3 is 15.5 Å². The predicted octanol–water partition coefficient (Wildman–Crippen LogP) is 3.22. The van der Waals surface area contributed by atoms with Crippen LogP contribution in [-0.2, 0) is 0 Å². The molecule has 0 bridgehead atoms. The predicted molar refractivity (Wildman–Crippen MR) is 75.5 cm³/mol. The lowest BCUT2D eigenvalue weighted by Gasteiger charge is -2.18. The summed E-state index contributed by atoms with van der Waals surface area (Å²) in [7, 11) is 0. The van der Waals surface area contributed by atoms with Gasteiger partial charge in [0.15, 0.2) is 0 Å². The Hall–Kier alpha value is -2.04. The summed E-state index contributed by atoms with van der Waals surface area (Å²) in [4.78, 5) is 22.1. The average molecular weight is 277 g/mol. The minimum atomic E-state index is -1.11. The van der Waals surface area contributed by atoms with Crippen molar-refractivity contribution in [1.82, 2.24) is 0 Å². The molecule has 0 unspecified atom stereocenters. The van der Waals surface area contributed by atoms with Crippen LogP contribution in [0, 0.1) is 0 Å². The van der Waals surface area contributed by atoms with Crippen molar-refractivity contribution in [1.29, 1.82) is 0 Å². The van der Waals surface area contributed by atoms with Crippen LogP contribution in [0.1, 0.15) is 59.2 Å². The van der Waals surface area contributed by atoms with Gasteiger partial charge in [0, 0.05) is 11.7 Å². The fraction of sp³-hybridized carbons (Fsp3) is 0.467. The van der Waals surface area contributed by atoms with Crippen LogP contribution in [-0.4, -0.2) is 28.2 Å². The Morgan fingerprint density at radius 2 is 1.40 bits per heavy atom. The zero-order valence-corrected chi connectivity index (χ0v) is 11.3. The molecule has 1 aliphatic rings. The topological polar surface area (TPSA) is 86.6 Å². The third-order valence-electron chi connectivity index (χ3n) is 3.65. The SMILES string of the molecule is O=C(O)c1cc(NC2CCCCCC2)cc(C(=O)O)c1. The minimum Gasteiger partial charge on any atom is -0.478 e. The number of carbonyl (C=O) groups is 2. The average Bonchev–Trinajstić information content (AvgIpc) is 2.67. The third-order valence-corrected chi connectivity index (χ3v) is 3.65. The number of nitrogens with one attached hydrogen (secondary N) is 1. The van der Waals surface area contributed by atoms with E-state index in [0.717, 1.165) is 25.7 Å². The summed E-state index contributed by atoms with van der Waals surface area (Å²) in [6.45, 7) is 0. The molecule has 5 heteroatoms. The molecule has 20 heavy (non-hydrogen) atoms. The van der Waals surface area contributed by atoms with Gasteiger partial charge in [0.05, 0.1) is 11.1 Å². The molecule has 2 rings (SSSR count). The lowest BCUT2D eigenvalue weighted by Crippen LogP contribution is -2.19. The minimum absolute atomic E-state index is 0.000946. The maximum Gasteiger partial charge on any atom is 0.335 e. The molecule has 1 saturated carbocycles. The number of rotatable bonds is 4.